The Kier molecular flexibility index (Phi) is 5.22. The molecule has 0 aliphatic rings. The van der Waals surface area contributed by atoms with E-state index in [9.17, 15) is 21.6 Å². The Bertz CT molecular complexity index is 960. The van der Waals surface area contributed by atoms with E-state index in [2.05, 4.69) is 4.72 Å². The van der Waals surface area contributed by atoms with Crippen LogP contribution in [0.5, 0.6) is 0 Å². The molecule has 4 nitrogen and oxygen atoms in total. The van der Waals surface area contributed by atoms with E-state index in [1.807, 2.05) is 11.4 Å². The third-order valence-corrected chi connectivity index (χ3v) is 5.85. The summed E-state index contributed by atoms with van der Waals surface area (Å²) in [6, 6.07) is 7.76. The van der Waals surface area contributed by atoms with Crippen molar-refractivity contribution < 1.29 is 26.0 Å². The Morgan fingerprint density at radius 1 is 1.08 bits per heavy atom. The van der Waals surface area contributed by atoms with Crippen LogP contribution in [-0.4, -0.2) is 8.42 Å². The number of sulfonamides is 1. The molecule has 9 heteroatoms. The average Bonchev–Trinajstić information content (AvgIpc) is 3.24. The highest BCUT2D eigenvalue weighted by atomic mass is 32.2. The molecule has 0 radical (unpaired) electrons. The van der Waals surface area contributed by atoms with Crippen molar-refractivity contribution in [2.24, 2.45) is 0 Å². The van der Waals surface area contributed by atoms with Crippen molar-refractivity contribution in [2.45, 2.75) is 18.5 Å². The second-order valence-electron chi connectivity index (χ2n) is 5.59. The van der Waals surface area contributed by atoms with Gasteiger partial charge in [0.25, 0.3) is 0 Å². The van der Waals surface area contributed by atoms with E-state index in [1.165, 1.54) is 23.5 Å². The number of benzene rings is 1. The van der Waals surface area contributed by atoms with Crippen molar-refractivity contribution in [1.82, 2.24) is 4.72 Å². The van der Waals surface area contributed by atoms with Crippen molar-refractivity contribution in [2.75, 3.05) is 0 Å². The predicted octanol–water partition coefficient (Wildman–Crippen LogP) is 4.65. The van der Waals surface area contributed by atoms with Gasteiger partial charge < -0.3 is 4.42 Å². The summed E-state index contributed by atoms with van der Waals surface area (Å²) in [4.78, 5) is 0.817. The molecule has 2 aromatic heterocycles. The van der Waals surface area contributed by atoms with E-state index in [0.717, 1.165) is 28.1 Å². The van der Waals surface area contributed by atoms with Crippen molar-refractivity contribution in [1.29, 1.82) is 0 Å². The van der Waals surface area contributed by atoms with Gasteiger partial charge in [0.05, 0.1) is 23.8 Å². The van der Waals surface area contributed by atoms with Crippen LogP contribution in [0.15, 0.2) is 58.7 Å². The molecular weight excluding hydrogens is 387 g/mol. The molecule has 0 aliphatic carbocycles. The van der Waals surface area contributed by atoms with Gasteiger partial charge in [-0.25, -0.2) is 13.1 Å². The molecule has 0 saturated carbocycles. The summed E-state index contributed by atoms with van der Waals surface area (Å²) < 4.78 is 69.4. The molecule has 1 N–H and O–H groups in total. The highest BCUT2D eigenvalue weighted by Crippen LogP contribution is 2.29. The monoisotopic (exact) mass is 401 g/mol. The first-order valence-corrected chi connectivity index (χ1v) is 9.99. The van der Waals surface area contributed by atoms with Crippen LogP contribution in [0.2, 0.25) is 0 Å². The number of hydrogen-bond donors (Lipinski definition) is 1. The molecule has 2 heterocycles. The SMILES string of the molecule is O=S(=O)(Cc1ccc(C(F)(F)F)cc1)NCc1cc(-c2ccoc2)cs1. The molecule has 0 saturated heterocycles. The van der Waals surface area contributed by atoms with Crippen molar-refractivity contribution in [3.63, 3.8) is 0 Å². The van der Waals surface area contributed by atoms with E-state index in [0.29, 0.717) is 0 Å². The molecule has 0 unspecified atom stereocenters. The van der Waals surface area contributed by atoms with Gasteiger partial charge in [-0.2, -0.15) is 13.2 Å². The van der Waals surface area contributed by atoms with Crippen molar-refractivity contribution >= 4 is 21.4 Å². The first-order valence-electron chi connectivity index (χ1n) is 7.46. The van der Waals surface area contributed by atoms with Gasteiger partial charge in [0.1, 0.15) is 0 Å². The smallest absolute Gasteiger partial charge is 0.416 e. The van der Waals surface area contributed by atoms with Gasteiger partial charge >= 0.3 is 6.18 Å². The zero-order chi connectivity index (χ0) is 18.8. The molecule has 0 bridgehead atoms. The molecule has 0 amide bonds. The van der Waals surface area contributed by atoms with Crippen LogP contribution in [-0.2, 0) is 28.5 Å². The zero-order valence-electron chi connectivity index (χ0n) is 13.3. The first-order chi connectivity index (χ1) is 12.2. The number of halogens is 3. The highest BCUT2D eigenvalue weighted by Gasteiger charge is 2.30. The van der Waals surface area contributed by atoms with Gasteiger partial charge in [-0.05, 0) is 40.8 Å². The highest BCUT2D eigenvalue weighted by molar-refractivity contribution is 7.88. The number of furan rings is 1. The summed E-state index contributed by atoms with van der Waals surface area (Å²) in [6.07, 6.45) is -1.29. The van der Waals surface area contributed by atoms with Crippen LogP contribution in [0.25, 0.3) is 11.1 Å². The number of rotatable bonds is 6. The van der Waals surface area contributed by atoms with Gasteiger partial charge in [0.2, 0.25) is 10.0 Å². The van der Waals surface area contributed by atoms with Crippen LogP contribution in [0.4, 0.5) is 13.2 Å². The lowest BCUT2D eigenvalue weighted by Crippen LogP contribution is -2.24. The maximum Gasteiger partial charge on any atom is 0.416 e. The molecular formula is C17H14F3NO3S2. The molecule has 0 aliphatic heterocycles. The number of nitrogens with one attached hydrogen (secondary N) is 1. The van der Waals surface area contributed by atoms with Crippen molar-refractivity contribution in [3.8, 4) is 11.1 Å². The van der Waals surface area contributed by atoms with E-state index < -0.39 is 21.8 Å². The largest absolute Gasteiger partial charge is 0.472 e. The van der Waals surface area contributed by atoms with E-state index in [1.54, 1.807) is 18.6 Å². The normalized spacial score (nSPS) is 12.4. The van der Waals surface area contributed by atoms with Gasteiger partial charge in [0.15, 0.2) is 0 Å². The van der Waals surface area contributed by atoms with Gasteiger partial charge in [-0.3, -0.25) is 0 Å². The minimum absolute atomic E-state index is 0.117. The van der Waals surface area contributed by atoms with E-state index in [4.69, 9.17) is 4.42 Å². The lowest BCUT2D eigenvalue weighted by atomic mass is 10.1. The minimum Gasteiger partial charge on any atom is -0.472 e. The van der Waals surface area contributed by atoms with Crippen LogP contribution >= 0.6 is 11.3 Å². The standard InChI is InChI=1S/C17H14F3NO3S2/c18-17(19,20)15-3-1-12(2-4-15)11-26(22,23)21-8-16-7-14(10-25-16)13-5-6-24-9-13/h1-7,9-10,21H,8,11H2. The molecule has 3 aromatic rings. The first kappa shape index (κ1) is 18.7. The molecule has 26 heavy (non-hydrogen) atoms. The fraction of sp³-hybridized carbons (Fsp3) is 0.176. The fourth-order valence-electron chi connectivity index (χ4n) is 2.29. The lowest BCUT2D eigenvalue weighted by Gasteiger charge is -2.08. The Morgan fingerprint density at radius 2 is 1.81 bits per heavy atom. The van der Waals surface area contributed by atoms with Crippen molar-refractivity contribution in [3.05, 3.63) is 70.3 Å². The number of thiophene rings is 1. The molecule has 0 atom stereocenters. The fourth-order valence-corrected chi connectivity index (χ4v) is 4.33. The summed E-state index contributed by atoms with van der Waals surface area (Å²) in [5.74, 6) is -0.384. The Morgan fingerprint density at radius 3 is 2.42 bits per heavy atom. The Hall–Kier alpha value is -2.10. The maximum absolute atomic E-state index is 12.5. The van der Waals surface area contributed by atoms with Gasteiger partial charge in [-0.15, -0.1) is 11.3 Å². The zero-order valence-corrected chi connectivity index (χ0v) is 14.9. The molecule has 138 valence electrons. The topological polar surface area (TPSA) is 59.3 Å². The second kappa shape index (κ2) is 7.26. The van der Waals surface area contributed by atoms with Gasteiger partial charge in [0, 0.05) is 17.0 Å². The van der Waals surface area contributed by atoms with Crippen LogP contribution < -0.4 is 4.72 Å². The molecule has 1 aromatic carbocycles. The summed E-state index contributed by atoms with van der Waals surface area (Å²) in [6.45, 7) is 0.117. The lowest BCUT2D eigenvalue weighted by molar-refractivity contribution is -0.137. The van der Waals surface area contributed by atoms with Gasteiger partial charge in [-0.1, -0.05) is 12.1 Å². The summed E-state index contributed by atoms with van der Waals surface area (Å²) in [7, 11) is -3.67. The summed E-state index contributed by atoms with van der Waals surface area (Å²) in [5.41, 5.74) is 1.31. The number of alkyl halides is 3. The quantitative estimate of drug-likeness (QED) is 0.654. The molecule has 3 rings (SSSR count). The van der Waals surface area contributed by atoms with Crippen LogP contribution in [0, 0.1) is 0 Å². The minimum atomic E-state index is -4.44. The molecule has 0 fully saturated rings. The Balaban J connectivity index is 1.61. The van der Waals surface area contributed by atoms with Crippen LogP contribution in [0.1, 0.15) is 16.0 Å². The second-order valence-corrected chi connectivity index (χ2v) is 8.39. The number of hydrogen-bond acceptors (Lipinski definition) is 4. The van der Waals surface area contributed by atoms with E-state index in [-0.39, 0.29) is 17.9 Å². The maximum atomic E-state index is 12.5. The summed E-state index contributed by atoms with van der Waals surface area (Å²) >= 11 is 1.41. The third kappa shape index (κ3) is 4.75. The van der Waals surface area contributed by atoms with Crippen LogP contribution in [0.3, 0.4) is 0 Å². The third-order valence-electron chi connectivity index (χ3n) is 3.61. The predicted molar refractivity (Wildman–Crippen MR) is 92.9 cm³/mol. The Labute approximate surface area is 152 Å². The van der Waals surface area contributed by atoms with E-state index >= 15 is 0 Å². The molecule has 0 spiro atoms. The average molecular weight is 401 g/mol. The summed E-state index contributed by atoms with van der Waals surface area (Å²) in [5, 5.41) is 1.89.